The van der Waals surface area contributed by atoms with Crippen LogP contribution in [0, 0.1) is 11.3 Å². The molecule has 15 heavy (non-hydrogen) atoms. The number of hydrogen-bond donors (Lipinski definition) is 1. The van der Waals surface area contributed by atoms with E-state index >= 15 is 0 Å². The van der Waals surface area contributed by atoms with Crippen molar-refractivity contribution in [1.82, 2.24) is 5.32 Å². The van der Waals surface area contributed by atoms with Crippen LogP contribution in [-0.4, -0.2) is 19.0 Å². The van der Waals surface area contributed by atoms with Crippen molar-refractivity contribution in [3.8, 4) is 0 Å². The van der Waals surface area contributed by atoms with Gasteiger partial charge in [0.05, 0.1) is 0 Å². The number of rotatable bonds is 6. The van der Waals surface area contributed by atoms with Crippen LogP contribution in [-0.2, 0) is 0 Å². The van der Waals surface area contributed by atoms with Gasteiger partial charge in [0.2, 0.25) is 0 Å². The maximum atomic E-state index is 5.83. The summed E-state index contributed by atoms with van der Waals surface area (Å²) in [5, 5.41) is 3.68. The van der Waals surface area contributed by atoms with E-state index in [9.17, 15) is 0 Å². The Balaban J connectivity index is 1.58. The van der Waals surface area contributed by atoms with Crippen LogP contribution in [0.5, 0.6) is 0 Å². The Bertz CT molecular complexity index is 183. The topological polar surface area (TPSA) is 12.0 Å². The lowest BCUT2D eigenvalue weighted by Crippen LogP contribution is -2.30. The third kappa shape index (κ3) is 3.64. The summed E-state index contributed by atoms with van der Waals surface area (Å²) in [6, 6.07) is 0. The molecule has 88 valence electrons. The van der Waals surface area contributed by atoms with Gasteiger partial charge in [-0.1, -0.05) is 19.3 Å². The zero-order valence-corrected chi connectivity index (χ0v) is 10.5. The van der Waals surface area contributed by atoms with E-state index in [1.807, 2.05) is 0 Å². The van der Waals surface area contributed by atoms with Gasteiger partial charge in [-0.15, -0.1) is 11.6 Å². The zero-order valence-electron chi connectivity index (χ0n) is 9.73. The Morgan fingerprint density at radius 1 is 1.13 bits per heavy atom. The van der Waals surface area contributed by atoms with Crippen molar-refractivity contribution in [2.75, 3.05) is 19.0 Å². The highest BCUT2D eigenvalue weighted by Gasteiger charge is 2.41. The summed E-state index contributed by atoms with van der Waals surface area (Å²) in [6.07, 6.45) is 11.3. The maximum absolute atomic E-state index is 5.83. The van der Waals surface area contributed by atoms with Crippen LogP contribution < -0.4 is 5.32 Å². The van der Waals surface area contributed by atoms with Crippen molar-refractivity contribution >= 4 is 11.6 Å². The van der Waals surface area contributed by atoms with Crippen LogP contribution in [0.2, 0.25) is 0 Å². The van der Waals surface area contributed by atoms with Gasteiger partial charge >= 0.3 is 0 Å². The Labute approximate surface area is 99.0 Å². The second kappa shape index (κ2) is 5.54. The van der Waals surface area contributed by atoms with Crippen LogP contribution >= 0.6 is 11.6 Å². The molecule has 2 heteroatoms. The quantitative estimate of drug-likeness (QED) is 0.687. The van der Waals surface area contributed by atoms with Crippen LogP contribution in [0.15, 0.2) is 0 Å². The van der Waals surface area contributed by atoms with Gasteiger partial charge in [-0.2, -0.15) is 0 Å². The fraction of sp³-hybridized carbons (Fsp3) is 1.00. The van der Waals surface area contributed by atoms with Crippen molar-refractivity contribution in [3.05, 3.63) is 0 Å². The molecule has 0 aromatic carbocycles. The Kier molecular flexibility index (Phi) is 4.33. The highest BCUT2D eigenvalue weighted by atomic mass is 35.5. The minimum Gasteiger partial charge on any atom is -0.316 e. The van der Waals surface area contributed by atoms with E-state index in [0.29, 0.717) is 5.41 Å². The fourth-order valence-corrected chi connectivity index (χ4v) is 3.23. The molecule has 2 fully saturated rings. The average molecular weight is 230 g/mol. The van der Waals surface area contributed by atoms with Crippen LogP contribution in [0.25, 0.3) is 0 Å². The molecule has 0 radical (unpaired) electrons. The molecule has 1 N–H and O–H groups in total. The first kappa shape index (κ1) is 11.7. The molecular formula is C13H24ClN. The Hall–Kier alpha value is 0.250. The van der Waals surface area contributed by atoms with Gasteiger partial charge in [-0.3, -0.25) is 0 Å². The SMILES string of the molecule is ClCCC1(CNCC2CCCCC2)CC1. The van der Waals surface area contributed by atoms with Gasteiger partial charge in [0.25, 0.3) is 0 Å². The maximum Gasteiger partial charge on any atom is 0.0229 e. The van der Waals surface area contributed by atoms with E-state index in [1.54, 1.807) is 0 Å². The second-order valence-corrected chi connectivity index (χ2v) is 5.95. The number of halogens is 1. The van der Waals surface area contributed by atoms with E-state index in [1.165, 1.54) is 64.5 Å². The predicted octanol–water partition coefficient (Wildman–Crippen LogP) is 3.57. The second-order valence-electron chi connectivity index (χ2n) is 5.57. The minimum atomic E-state index is 0.608. The molecule has 2 aliphatic carbocycles. The minimum absolute atomic E-state index is 0.608. The molecule has 0 bridgehead atoms. The first-order valence-electron chi connectivity index (χ1n) is 6.61. The largest absolute Gasteiger partial charge is 0.316 e. The third-order valence-corrected chi connectivity index (χ3v) is 4.43. The molecule has 0 unspecified atom stereocenters. The lowest BCUT2D eigenvalue weighted by Gasteiger charge is -2.23. The summed E-state index contributed by atoms with van der Waals surface area (Å²) in [4.78, 5) is 0. The predicted molar refractivity (Wildman–Crippen MR) is 66.4 cm³/mol. The van der Waals surface area contributed by atoms with Gasteiger partial charge in [0.1, 0.15) is 0 Å². The number of hydrogen-bond acceptors (Lipinski definition) is 1. The molecule has 0 amide bonds. The molecule has 0 heterocycles. The number of alkyl halides is 1. The van der Waals surface area contributed by atoms with Gasteiger partial charge in [0, 0.05) is 12.4 Å². The molecule has 2 aliphatic rings. The molecule has 0 aromatic heterocycles. The molecule has 0 aromatic rings. The first-order valence-corrected chi connectivity index (χ1v) is 7.15. The smallest absolute Gasteiger partial charge is 0.0229 e. The molecular weight excluding hydrogens is 206 g/mol. The highest BCUT2D eigenvalue weighted by molar-refractivity contribution is 6.17. The normalized spacial score (nSPS) is 25.4. The van der Waals surface area contributed by atoms with Crippen molar-refractivity contribution in [3.63, 3.8) is 0 Å². The molecule has 1 nitrogen and oxygen atoms in total. The van der Waals surface area contributed by atoms with Crippen molar-refractivity contribution < 1.29 is 0 Å². The van der Waals surface area contributed by atoms with E-state index in [-0.39, 0.29) is 0 Å². The standard InChI is InChI=1S/C13H24ClN/c14-9-8-13(6-7-13)11-15-10-12-4-2-1-3-5-12/h12,15H,1-11H2. The molecule has 2 rings (SSSR count). The van der Waals surface area contributed by atoms with E-state index in [2.05, 4.69) is 5.32 Å². The van der Waals surface area contributed by atoms with E-state index in [4.69, 9.17) is 11.6 Å². The summed E-state index contributed by atoms with van der Waals surface area (Å²) in [5.74, 6) is 1.80. The van der Waals surface area contributed by atoms with Crippen LogP contribution in [0.4, 0.5) is 0 Å². The summed E-state index contributed by atoms with van der Waals surface area (Å²) in [7, 11) is 0. The van der Waals surface area contributed by atoms with Crippen LogP contribution in [0.1, 0.15) is 51.4 Å². The Morgan fingerprint density at radius 2 is 1.87 bits per heavy atom. The molecule has 0 atom stereocenters. The third-order valence-electron chi connectivity index (χ3n) is 4.24. The average Bonchev–Trinajstić information content (AvgIpc) is 3.00. The Morgan fingerprint density at radius 3 is 2.47 bits per heavy atom. The fourth-order valence-electron chi connectivity index (χ4n) is 2.83. The van der Waals surface area contributed by atoms with Crippen molar-refractivity contribution in [1.29, 1.82) is 0 Å². The number of nitrogens with one attached hydrogen (secondary N) is 1. The van der Waals surface area contributed by atoms with Crippen LogP contribution in [0.3, 0.4) is 0 Å². The lowest BCUT2D eigenvalue weighted by atomic mass is 9.89. The summed E-state index contributed by atoms with van der Waals surface area (Å²) in [5.41, 5.74) is 0.608. The molecule has 0 aliphatic heterocycles. The van der Waals surface area contributed by atoms with Crippen molar-refractivity contribution in [2.24, 2.45) is 11.3 Å². The molecule has 0 saturated heterocycles. The molecule has 2 saturated carbocycles. The van der Waals surface area contributed by atoms with Crippen molar-refractivity contribution in [2.45, 2.75) is 51.4 Å². The van der Waals surface area contributed by atoms with E-state index < -0.39 is 0 Å². The van der Waals surface area contributed by atoms with Gasteiger partial charge in [-0.25, -0.2) is 0 Å². The highest BCUT2D eigenvalue weighted by Crippen LogP contribution is 2.48. The summed E-state index contributed by atoms with van der Waals surface area (Å²) >= 11 is 5.83. The van der Waals surface area contributed by atoms with Gasteiger partial charge in [0.15, 0.2) is 0 Å². The monoisotopic (exact) mass is 229 g/mol. The van der Waals surface area contributed by atoms with Gasteiger partial charge in [-0.05, 0) is 50.0 Å². The first-order chi connectivity index (χ1) is 7.35. The lowest BCUT2D eigenvalue weighted by molar-refractivity contribution is 0.326. The zero-order chi connectivity index (χ0) is 10.6. The molecule has 0 spiro atoms. The summed E-state index contributed by atoms with van der Waals surface area (Å²) < 4.78 is 0. The van der Waals surface area contributed by atoms with Gasteiger partial charge < -0.3 is 5.32 Å². The summed E-state index contributed by atoms with van der Waals surface area (Å²) in [6.45, 7) is 2.47. The van der Waals surface area contributed by atoms with E-state index in [0.717, 1.165) is 11.8 Å².